The van der Waals surface area contributed by atoms with E-state index in [1.165, 1.54) is 60.8 Å². The van der Waals surface area contributed by atoms with Gasteiger partial charge >= 0.3 is 0 Å². The molecule has 54 heavy (non-hydrogen) atoms. The van der Waals surface area contributed by atoms with Crippen molar-refractivity contribution >= 4 is 83.9 Å². The molecule has 3 aromatic heterocycles. The van der Waals surface area contributed by atoms with Crippen molar-refractivity contribution in [2.24, 2.45) is 7.05 Å². The molecule has 2 aliphatic rings. The van der Waals surface area contributed by atoms with E-state index in [9.17, 15) is 0 Å². The molecule has 0 spiro atoms. The summed E-state index contributed by atoms with van der Waals surface area (Å²) in [6, 6.07) is 57.9. The van der Waals surface area contributed by atoms with Crippen LogP contribution < -0.4 is 25.9 Å². The molecule has 2 aliphatic heterocycles. The molecule has 0 atom stereocenters. The number of rotatable bonds is 3. The Labute approximate surface area is 312 Å². The van der Waals surface area contributed by atoms with Crippen molar-refractivity contribution in [2.75, 3.05) is 4.90 Å². The van der Waals surface area contributed by atoms with Crippen LogP contribution in [0.4, 0.5) is 17.1 Å². The molecule has 7 aromatic carbocycles. The van der Waals surface area contributed by atoms with Gasteiger partial charge in [-0.3, -0.25) is 0 Å². The zero-order chi connectivity index (χ0) is 35.7. The Balaban J connectivity index is 1.17. The summed E-state index contributed by atoms with van der Waals surface area (Å²) in [4.78, 5) is 2.47. The van der Waals surface area contributed by atoms with Crippen LogP contribution >= 0.6 is 0 Å². The van der Waals surface area contributed by atoms with Crippen LogP contribution in [0.5, 0.6) is 0 Å². The number of hydrogen-bond acceptors (Lipinski definition) is 2. The van der Waals surface area contributed by atoms with Crippen molar-refractivity contribution in [3.05, 3.63) is 169 Å². The Morgan fingerprint density at radius 3 is 2.24 bits per heavy atom. The van der Waals surface area contributed by atoms with E-state index in [-0.39, 0.29) is 6.71 Å². The first-order valence-electron chi connectivity index (χ1n) is 18.7. The molecule has 12 rings (SSSR count). The van der Waals surface area contributed by atoms with E-state index in [2.05, 4.69) is 192 Å². The van der Waals surface area contributed by atoms with Gasteiger partial charge in [-0.1, -0.05) is 91.0 Å². The Hall–Kier alpha value is -6.85. The van der Waals surface area contributed by atoms with Crippen molar-refractivity contribution in [1.29, 1.82) is 0 Å². The van der Waals surface area contributed by atoms with Gasteiger partial charge in [0.2, 0.25) is 5.69 Å². The lowest BCUT2D eigenvalue weighted by Crippen LogP contribution is -2.60. The third kappa shape index (κ3) is 3.90. The minimum Gasteiger partial charge on any atom is -0.455 e. The van der Waals surface area contributed by atoms with Gasteiger partial charge in [0.1, 0.15) is 18.2 Å². The molecule has 5 heterocycles. The molecule has 0 unspecified atom stereocenters. The normalized spacial score (nSPS) is 12.9. The number of aryl methyl sites for hydroxylation is 2. The summed E-state index contributed by atoms with van der Waals surface area (Å²) in [5.41, 5.74) is 18.9. The third-order valence-electron chi connectivity index (χ3n) is 11.9. The number of fused-ring (bicyclic) bond motifs is 10. The summed E-state index contributed by atoms with van der Waals surface area (Å²) in [5, 5.41) is 4.83. The Morgan fingerprint density at radius 1 is 0.574 bits per heavy atom. The number of furan rings is 1. The molecule has 10 aromatic rings. The fraction of sp³-hybridized carbons (Fsp3) is 0.0408. The lowest BCUT2D eigenvalue weighted by molar-refractivity contribution is -0.660. The van der Waals surface area contributed by atoms with Gasteiger partial charge in [0, 0.05) is 61.9 Å². The van der Waals surface area contributed by atoms with Gasteiger partial charge in [0.25, 0.3) is 6.71 Å². The fourth-order valence-electron chi connectivity index (χ4n) is 9.60. The van der Waals surface area contributed by atoms with Crippen LogP contribution in [0, 0.1) is 6.92 Å². The van der Waals surface area contributed by atoms with Gasteiger partial charge in [-0.2, -0.15) is 0 Å². The van der Waals surface area contributed by atoms with Crippen LogP contribution in [0.15, 0.2) is 168 Å². The topological polar surface area (TPSA) is 25.2 Å². The van der Waals surface area contributed by atoms with Crippen LogP contribution in [-0.4, -0.2) is 11.3 Å². The molecule has 0 amide bonds. The second-order valence-corrected chi connectivity index (χ2v) is 14.8. The molecule has 0 bridgehead atoms. The molecule has 0 fully saturated rings. The van der Waals surface area contributed by atoms with Crippen LogP contribution in [0.25, 0.3) is 71.8 Å². The summed E-state index contributed by atoms with van der Waals surface area (Å²) in [6.07, 6.45) is 2.10. The highest BCUT2D eigenvalue weighted by atomic mass is 16.3. The Morgan fingerprint density at radius 2 is 1.33 bits per heavy atom. The number of para-hydroxylation sites is 4. The summed E-state index contributed by atoms with van der Waals surface area (Å²) in [7, 11) is 2.10. The lowest BCUT2D eigenvalue weighted by Gasteiger charge is -2.40. The maximum atomic E-state index is 6.88. The predicted molar refractivity (Wildman–Crippen MR) is 224 cm³/mol. The van der Waals surface area contributed by atoms with E-state index < -0.39 is 0 Å². The van der Waals surface area contributed by atoms with E-state index in [4.69, 9.17) is 4.42 Å². The Kier molecular flexibility index (Phi) is 5.97. The molecule has 5 heteroatoms. The van der Waals surface area contributed by atoms with Gasteiger partial charge in [0.05, 0.1) is 11.1 Å². The molecule has 0 saturated heterocycles. The molecular weight excluding hydrogens is 657 g/mol. The first-order chi connectivity index (χ1) is 26.6. The average molecular weight is 691 g/mol. The van der Waals surface area contributed by atoms with Gasteiger partial charge < -0.3 is 13.9 Å². The molecule has 0 N–H and O–H groups in total. The molecular formula is C49H33BN3O+. The second-order valence-electron chi connectivity index (χ2n) is 14.8. The number of aromatic nitrogens is 2. The van der Waals surface area contributed by atoms with Crippen LogP contribution in [0.1, 0.15) is 5.56 Å². The summed E-state index contributed by atoms with van der Waals surface area (Å²) < 4.78 is 11.6. The molecule has 0 aliphatic carbocycles. The number of benzene rings is 7. The summed E-state index contributed by atoms with van der Waals surface area (Å²) in [5.74, 6) is 0. The van der Waals surface area contributed by atoms with Crippen molar-refractivity contribution in [3.63, 3.8) is 0 Å². The third-order valence-corrected chi connectivity index (χ3v) is 11.9. The van der Waals surface area contributed by atoms with E-state index in [1.54, 1.807) is 0 Å². The van der Waals surface area contributed by atoms with Crippen molar-refractivity contribution < 1.29 is 8.98 Å². The van der Waals surface area contributed by atoms with Crippen molar-refractivity contribution in [3.8, 4) is 28.1 Å². The van der Waals surface area contributed by atoms with Crippen molar-refractivity contribution in [1.82, 2.24) is 4.57 Å². The van der Waals surface area contributed by atoms with Crippen molar-refractivity contribution in [2.45, 2.75) is 6.92 Å². The van der Waals surface area contributed by atoms with E-state index in [0.717, 1.165) is 50.0 Å². The Bertz CT molecular complexity index is 3210. The molecule has 252 valence electrons. The lowest BCUT2D eigenvalue weighted by atomic mass is 9.33. The first kappa shape index (κ1) is 29.7. The van der Waals surface area contributed by atoms with Gasteiger partial charge in [-0.25, -0.2) is 4.57 Å². The standard InChI is InChI=1S/C49H33BN3O/c1-30-22-24-37-35-25-23-31(29-45(35)54-49(37)46(30)42-21-10-11-26-51(42)2)32-27-43-47-44(28-32)53-40-19-8-6-15-34(40)36-16-12-18-39(48(36)53)50(47)38-17-7-9-20-41(38)52(43)33-13-4-3-5-14-33/h3-29H,1-2H3/q+1. The smallest absolute Gasteiger partial charge is 0.252 e. The highest BCUT2D eigenvalue weighted by Crippen LogP contribution is 2.44. The number of nitrogens with zero attached hydrogens (tertiary/aromatic N) is 3. The fourth-order valence-corrected chi connectivity index (χ4v) is 9.60. The minimum atomic E-state index is 0.0968. The van der Waals surface area contributed by atoms with E-state index in [1.807, 2.05) is 0 Å². The highest BCUT2D eigenvalue weighted by molar-refractivity contribution is 7.00. The number of pyridine rings is 1. The minimum absolute atomic E-state index is 0.0968. The average Bonchev–Trinajstić information content (AvgIpc) is 3.76. The summed E-state index contributed by atoms with van der Waals surface area (Å²) in [6.45, 7) is 2.27. The zero-order valence-corrected chi connectivity index (χ0v) is 29.9. The maximum Gasteiger partial charge on any atom is 0.252 e. The molecule has 4 nitrogen and oxygen atoms in total. The monoisotopic (exact) mass is 690 g/mol. The van der Waals surface area contributed by atoms with Gasteiger partial charge in [0.15, 0.2) is 6.20 Å². The number of hydrogen-bond donors (Lipinski definition) is 0. The van der Waals surface area contributed by atoms with Crippen LogP contribution in [0.3, 0.4) is 0 Å². The van der Waals surface area contributed by atoms with Crippen LogP contribution in [0.2, 0.25) is 0 Å². The first-order valence-corrected chi connectivity index (χ1v) is 18.7. The second kappa shape index (κ2) is 10.8. The van der Waals surface area contributed by atoms with E-state index in [0.29, 0.717) is 0 Å². The maximum absolute atomic E-state index is 6.88. The molecule has 0 saturated carbocycles. The SMILES string of the molecule is Cc1ccc2c(oc3cc(-c4cc5c6c(c4)-n4c7ccccc7c7cccc(c74)B6c4ccccc4N5c4ccccc4)ccc32)c1-c1cccc[n+]1C. The largest absolute Gasteiger partial charge is 0.455 e. The van der Waals surface area contributed by atoms with E-state index >= 15 is 0 Å². The summed E-state index contributed by atoms with van der Waals surface area (Å²) >= 11 is 0. The van der Waals surface area contributed by atoms with Crippen LogP contribution in [-0.2, 0) is 7.05 Å². The zero-order valence-electron chi connectivity index (χ0n) is 29.9. The number of anilines is 3. The molecule has 0 radical (unpaired) electrons. The van der Waals surface area contributed by atoms with Gasteiger partial charge in [-0.15, -0.1) is 0 Å². The van der Waals surface area contributed by atoms with Gasteiger partial charge in [-0.05, 0) is 94.6 Å². The highest BCUT2D eigenvalue weighted by Gasteiger charge is 2.42. The quantitative estimate of drug-likeness (QED) is 0.136. The predicted octanol–water partition coefficient (Wildman–Crippen LogP) is 9.76.